The third kappa shape index (κ3) is 1.71. The Bertz CT molecular complexity index is 372. The monoisotopic (exact) mass is 220 g/mol. The van der Waals surface area contributed by atoms with Crippen molar-refractivity contribution in [3.8, 4) is 0 Å². The van der Waals surface area contributed by atoms with Gasteiger partial charge in [-0.15, -0.1) is 0 Å². The number of hydrogen-bond donors (Lipinski definition) is 1. The summed E-state index contributed by atoms with van der Waals surface area (Å²) in [5, 5.41) is 9.26. The van der Waals surface area contributed by atoms with Crippen molar-refractivity contribution in [3.05, 3.63) is 12.4 Å². The second kappa shape index (κ2) is 3.90. The molecule has 1 aromatic heterocycles. The van der Waals surface area contributed by atoms with Gasteiger partial charge in [-0.05, 0) is 12.8 Å². The first-order valence-corrected chi connectivity index (χ1v) is 5.83. The summed E-state index contributed by atoms with van der Waals surface area (Å²) in [6.45, 7) is 3.57. The number of anilines is 2. The van der Waals surface area contributed by atoms with Gasteiger partial charge < -0.3 is 14.9 Å². The Morgan fingerprint density at radius 2 is 1.69 bits per heavy atom. The van der Waals surface area contributed by atoms with Gasteiger partial charge in [0.2, 0.25) is 0 Å². The molecular weight excluding hydrogens is 204 g/mol. The molecule has 2 aliphatic heterocycles. The predicted octanol–water partition coefficient (Wildman–Crippen LogP) is 0.258. The highest BCUT2D eigenvalue weighted by Gasteiger charge is 2.26. The Morgan fingerprint density at radius 3 is 2.31 bits per heavy atom. The minimum atomic E-state index is -0.190. The molecule has 16 heavy (non-hydrogen) atoms. The average Bonchev–Trinajstić information content (AvgIpc) is 2.78. The quantitative estimate of drug-likeness (QED) is 0.774. The molecule has 2 aliphatic rings. The molecular formula is C11H16N4O. The summed E-state index contributed by atoms with van der Waals surface area (Å²) in [5.74, 6) is 1.95. The first-order chi connectivity index (χ1) is 7.83. The molecule has 0 saturated carbocycles. The van der Waals surface area contributed by atoms with Gasteiger partial charge in [-0.25, -0.2) is 9.97 Å². The number of aliphatic hydroxyl groups excluding tert-OH is 1. The molecule has 0 radical (unpaired) electrons. The molecule has 5 nitrogen and oxygen atoms in total. The van der Waals surface area contributed by atoms with Crippen molar-refractivity contribution in [2.45, 2.75) is 18.9 Å². The van der Waals surface area contributed by atoms with Crippen molar-refractivity contribution >= 4 is 11.6 Å². The molecule has 1 aromatic rings. The fraction of sp³-hybridized carbons (Fsp3) is 0.636. The summed E-state index contributed by atoms with van der Waals surface area (Å²) in [4.78, 5) is 12.9. The largest absolute Gasteiger partial charge is 0.389 e. The van der Waals surface area contributed by atoms with Crippen LogP contribution < -0.4 is 9.80 Å². The van der Waals surface area contributed by atoms with Gasteiger partial charge in [0.05, 0.1) is 6.10 Å². The second-order valence-electron chi connectivity index (χ2n) is 4.49. The Morgan fingerprint density at radius 1 is 1.06 bits per heavy atom. The van der Waals surface area contributed by atoms with Crippen molar-refractivity contribution in [2.75, 3.05) is 36.0 Å². The van der Waals surface area contributed by atoms with E-state index in [-0.39, 0.29) is 6.10 Å². The molecule has 1 N–H and O–H groups in total. The maximum Gasteiger partial charge on any atom is 0.134 e. The summed E-state index contributed by atoms with van der Waals surface area (Å²) in [6.07, 6.45) is 3.93. The van der Waals surface area contributed by atoms with E-state index in [1.54, 1.807) is 6.33 Å². The van der Waals surface area contributed by atoms with Gasteiger partial charge in [0, 0.05) is 32.2 Å². The number of rotatable bonds is 2. The smallest absolute Gasteiger partial charge is 0.134 e. The third-order valence-corrected chi connectivity index (χ3v) is 3.25. The maximum absolute atomic E-state index is 9.26. The minimum absolute atomic E-state index is 0.190. The number of nitrogens with zero attached hydrogens (tertiary/aromatic N) is 4. The fourth-order valence-corrected chi connectivity index (χ4v) is 2.27. The molecule has 3 heterocycles. The number of hydrogen-bond acceptors (Lipinski definition) is 5. The summed E-state index contributed by atoms with van der Waals surface area (Å²) >= 11 is 0. The van der Waals surface area contributed by atoms with Crippen molar-refractivity contribution in [1.29, 1.82) is 0 Å². The van der Waals surface area contributed by atoms with Gasteiger partial charge in [0.25, 0.3) is 0 Å². The van der Waals surface area contributed by atoms with Crippen LogP contribution in [0, 0.1) is 0 Å². The van der Waals surface area contributed by atoms with Gasteiger partial charge in [-0.2, -0.15) is 0 Å². The van der Waals surface area contributed by atoms with Crippen LogP contribution in [0.4, 0.5) is 11.6 Å². The van der Waals surface area contributed by atoms with Crippen molar-refractivity contribution in [2.24, 2.45) is 0 Å². The lowest BCUT2D eigenvalue weighted by atomic mass is 10.2. The van der Waals surface area contributed by atoms with E-state index >= 15 is 0 Å². The van der Waals surface area contributed by atoms with Gasteiger partial charge in [0.15, 0.2) is 0 Å². The summed E-state index contributed by atoms with van der Waals surface area (Å²) in [7, 11) is 0. The number of β-amino-alcohol motifs (C(OH)–C–C–N with tert-alkyl or cyclic N) is 1. The highest BCUT2D eigenvalue weighted by molar-refractivity contribution is 5.52. The number of aromatic nitrogens is 2. The first-order valence-electron chi connectivity index (χ1n) is 5.83. The Balaban J connectivity index is 1.77. The Labute approximate surface area is 94.7 Å². The normalized spacial score (nSPS) is 21.3. The molecule has 0 bridgehead atoms. The van der Waals surface area contributed by atoms with Crippen molar-refractivity contribution in [1.82, 2.24) is 9.97 Å². The standard InChI is InChI=1S/C11H16N4O/c16-9-6-15(7-9)11-5-10(12-8-13-11)14-3-1-2-4-14/h5,8-9,16H,1-4,6-7H2. The van der Waals surface area contributed by atoms with Gasteiger partial charge >= 0.3 is 0 Å². The SMILES string of the molecule is OC1CN(c2cc(N3CCCC3)ncn2)C1. The zero-order valence-electron chi connectivity index (χ0n) is 9.21. The van der Waals surface area contributed by atoms with Crippen molar-refractivity contribution < 1.29 is 5.11 Å². The van der Waals surface area contributed by atoms with Crippen LogP contribution in [0.15, 0.2) is 12.4 Å². The van der Waals surface area contributed by atoms with Crippen LogP contribution in [0.3, 0.4) is 0 Å². The molecule has 3 rings (SSSR count). The lowest BCUT2D eigenvalue weighted by Gasteiger charge is -2.37. The Kier molecular flexibility index (Phi) is 2.40. The molecule has 2 fully saturated rings. The zero-order valence-corrected chi connectivity index (χ0v) is 9.21. The van der Waals surface area contributed by atoms with Gasteiger partial charge in [-0.1, -0.05) is 0 Å². The van der Waals surface area contributed by atoms with E-state index in [4.69, 9.17) is 0 Å². The molecule has 5 heteroatoms. The molecule has 0 aromatic carbocycles. The highest BCUT2D eigenvalue weighted by Crippen LogP contribution is 2.23. The summed E-state index contributed by atoms with van der Waals surface area (Å²) in [6, 6.07) is 2.02. The fourth-order valence-electron chi connectivity index (χ4n) is 2.27. The third-order valence-electron chi connectivity index (χ3n) is 3.25. The Hall–Kier alpha value is -1.36. The topological polar surface area (TPSA) is 52.5 Å². The van der Waals surface area contributed by atoms with Crippen LogP contribution in [0.2, 0.25) is 0 Å². The molecule has 2 saturated heterocycles. The van der Waals surface area contributed by atoms with Crippen LogP contribution in [0.25, 0.3) is 0 Å². The van der Waals surface area contributed by atoms with Crippen LogP contribution in [0.5, 0.6) is 0 Å². The molecule has 0 atom stereocenters. The summed E-state index contributed by atoms with van der Waals surface area (Å²) in [5.41, 5.74) is 0. The lowest BCUT2D eigenvalue weighted by molar-refractivity contribution is 0.141. The van der Waals surface area contributed by atoms with E-state index in [2.05, 4.69) is 19.8 Å². The highest BCUT2D eigenvalue weighted by atomic mass is 16.3. The van der Waals surface area contributed by atoms with Crippen LogP contribution in [-0.4, -0.2) is 47.4 Å². The molecule has 0 amide bonds. The molecule has 0 spiro atoms. The van der Waals surface area contributed by atoms with Crippen LogP contribution in [0.1, 0.15) is 12.8 Å². The van der Waals surface area contributed by atoms with E-state index < -0.39 is 0 Å². The van der Waals surface area contributed by atoms with E-state index in [0.717, 1.165) is 24.7 Å². The zero-order chi connectivity index (χ0) is 11.0. The minimum Gasteiger partial charge on any atom is -0.389 e. The molecule has 0 aliphatic carbocycles. The van der Waals surface area contributed by atoms with Gasteiger partial charge in [0.1, 0.15) is 18.0 Å². The lowest BCUT2D eigenvalue weighted by Crippen LogP contribution is -2.51. The molecule has 86 valence electrons. The van der Waals surface area contributed by atoms with E-state index in [1.807, 2.05) is 6.07 Å². The average molecular weight is 220 g/mol. The van der Waals surface area contributed by atoms with Crippen molar-refractivity contribution in [3.63, 3.8) is 0 Å². The predicted molar refractivity (Wildman–Crippen MR) is 61.7 cm³/mol. The van der Waals surface area contributed by atoms with E-state index in [0.29, 0.717) is 13.1 Å². The van der Waals surface area contributed by atoms with E-state index in [1.165, 1.54) is 12.8 Å². The number of aliphatic hydroxyl groups is 1. The maximum atomic E-state index is 9.26. The molecule has 0 unspecified atom stereocenters. The first kappa shape index (κ1) is 9.84. The van der Waals surface area contributed by atoms with Crippen LogP contribution >= 0.6 is 0 Å². The van der Waals surface area contributed by atoms with Gasteiger partial charge in [-0.3, -0.25) is 0 Å². The van der Waals surface area contributed by atoms with E-state index in [9.17, 15) is 5.11 Å². The summed E-state index contributed by atoms with van der Waals surface area (Å²) < 4.78 is 0. The van der Waals surface area contributed by atoms with Crippen LogP contribution in [-0.2, 0) is 0 Å². The second-order valence-corrected chi connectivity index (χ2v) is 4.49.